The van der Waals surface area contributed by atoms with E-state index in [9.17, 15) is 0 Å². The Morgan fingerprint density at radius 3 is 2.50 bits per heavy atom. The maximum absolute atomic E-state index is 3.62. The molecule has 1 atom stereocenters. The van der Waals surface area contributed by atoms with Crippen molar-refractivity contribution in [1.29, 1.82) is 0 Å². The molecular formula is C13H28N2S. The van der Waals surface area contributed by atoms with Gasteiger partial charge in [0.05, 0.1) is 0 Å². The quantitative estimate of drug-likeness (QED) is 0.660. The molecular weight excluding hydrogens is 216 g/mol. The zero-order valence-electron chi connectivity index (χ0n) is 11.2. The van der Waals surface area contributed by atoms with Crippen molar-refractivity contribution in [3.63, 3.8) is 0 Å². The van der Waals surface area contributed by atoms with E-state index in [0.29, 0.717) is 0 Å². The SMILES string of the molecule is CSCCCNCC(C(C)C)N1CCCC1. The topological polar surface area (TPSA) is 15.3 Å². The van der Waals surface area contributed by atoms with E-state index in [2.05, 4.69) is 30.3 Å². The molecule has 1 aliphatic heterocycles. The lowest BCUT2D eigenvalue weighted by atomic mass is 10.0. The Labute approximate surface area is 106 Å². The third-order valence-electron chi connectivity index (χ3n) is 3.43. The van der Waals surface area contributed by atoms with Crippen molar-refractivity contribution in [2.75, 3.05) is 38.2 Å². The number of hydrogen-bond donors (Lipinski definition) is 1. The van der Waals surface area contributed by atoms with Crippen LogP contribution in [-0.4, -0.2) is 49.1 Å². The Kier molecular flexibility index (Phi) is 7.50. The first-order chi connectivity index (χ1) is 7.75. The first kappa shape index (κ1) is 14.3. The van der Waals surface area contributed by atoms with Crippen LogP contribution in [0.5, 0.6) is 0 Å². The standard InChI is InChI=1S/C13H28N2S/c1-12(2)13(15-8-4-5-9-15)11-14-7-6-10-16-3/h12-14H,4-11H2,1-3H3. The van der Waals surface area contributed by atoms with Crippen molar-refractivity contribution < 1.29 is 0 Å². The Bertz CT molecular complexity index is 167. The van der Waals surface area contributed by atoms with Gasteiger partial charge in [-0.05, 0) is 56.8 Å². The molecule has 0 bridgehead atoms. The zero-order chi connectivity index (χ0) is 11.8. The van der Waals surface area contributed by atoms with Crippen LogP contribution in [0.2, 0.25) is 0 Å². The summed E-state index contributed by atoms with van der Waals surface area (Å²) in [5.41, 5.74) is 0. The maximum atomic E-state index is 3.62. The number of nitrogens with one attached hydrogen (secondary N) is 1. The van der Waals surface area contributed by atoms with Crippen molar-refractivity contribution in [3.8, 4) is 0 Å². The molecule has 0 radical (unpaired) electrons. The molecule has 0 aromatic rings. The Morgan fingerprint density at radius 1 is 1.25 bits per heavy atom. The minimum atomic E-state index is 0.747. The third kappa shape index (κ3) is 5.07. The smallest absolute Gasteiger partial charge is 0.0243 e. The molecule has 1 heterocycles. The van der Waals surface area contributed by atoms with E-state index < -0.39 is 0 Å². The van der Waals surface area contributed by atoms with Crippen LogP contribution in [0.15, 0.2) is 0 Å². The monoisotopic (exact) mass is 244 g/mol. The molecule has 3 heteroatoms. The van der Waals surface area contributed by atoms with Gasteiger partial charge in [-0.3, -0.25) is 4.90 Å². The number of likely N-dealkylation sites (tertiary alicyclic amines) is 1. The zero-order valence-corrected chi connectivity index (χ0v) is 12.0. The van der Waals surface area contributed by atoms with Crippen LogP contribution in [0.3, 0.4) is 0 Å². The highest BCUT2D eigenvalue weighted by Gasteiger charge is 2.23. The fourth-order valence-corrected chi connectivity index (χ4v) is 2.88. The molecule has 2 nitrogen and oxygen atoms in total. The molecule has 0 aliphatic carbocycles. The molecule has 0 spiro atoms. The summed E-state index contributed by atoms with van der Waals surface area (Å²) in [5, 5.41) is 3.62. The lowest BCUT2D eigenvalue weighted by Crippen LogP contribution is -2.44. The normalized spacial score (nSPS) is 19.5. The molecule has 96 valence electrons. The molecule has 1 unspecified atom stereocenters. The summed E-state index contributed by atoms with van der Waals surface area (Å²) in [6.45, 7) is 9.69. The molecule has 0 amide bonds. The summed E-state index contributed by atoms with van der Waals surface area (Å²) in [6.07, 6.45) is 6.28. The summed E-state index contributed by atoms with van der Waals surface area (Å²) >= 11 is 1.94. The summed E-state index contributed by atoms with van der Waals surface area (Å²) < 4.78 is 0. The molecule has 1 N–H and O–H groups in total. The molecule has 1 saturated heterocycles. The first-order valence-corrected chi connectivity index (χ1v) is 8.08. The van der Waals surface area contributed by atoms with Crippen LogP contribution < -0.4 is 5.32 Å². The number of nitrogens with zero attached hydrogens (tertiary/aromatic N) is 1. The van der Waals surface area contributed by atoms with Crippen LogP contribution in [0, 0.1) is 5.92 Å². The number of rotatable bonds is 8. The summed E-state index contributed by atoms with van der Waals surface area (Å²) in [6, 6.07) is 0.747. The van der Waals surface area contributed by atoms with Gasteiger partial charge in [-0.15, -0.1) is 0 Å². The fourth-order valence-electron chi connectivity index (χ4n) is 2.45. The predicted molar refractivity (Wildman–Crippen MR) is 75.3 cm³/mol. The van der Waals surface area contributed by atoms with Gasteiger partial charge in [0.15, 0.2) is 0 Å². The predicted octanol–water partition coefficient (Wildman–Crippen LogP) is 2.45. The van der Waals surface area contributed by atoms with Gasteiger partial charge >= 0.3 is 0 Å². The highest BCUT2D eigenvalue weighted by Crippen LogP contribution is 2.16. The van der Waals surface area contributed by atoms with E-state index in [-0.39, 0.29) is 0 Å². The van der Waals surface area contributed by atoms with Crippen LogP contribution in [-0.2, 0) is 0 Å². The molecule has 0 aromatic carbocycles. The average molecular weight is 244 g/mol. The van der Waals surface area contributed by atoms with E-state index in [1.165, 1.54) is 51.2 Å². The third-order valence-corrected chi connectivity index (χ3v) is 4.13. The molecule has 0 aromatic heterocycles. The second kappa shape index (κ2) is 8.37. The average Bonchev–Trinajstić information content (AvgIpc) is 2.76. The summed E-state index contributed by atoms with van der Waals surface area (Å²) in [7, 11) is 0. The number of hydrogen-bond acceptors (Lipinski definition) is 3. The molecule has 1 aliphatic rings. The van der Waals surface area contributed by atoms with E-state index in [4.69, 9.17) is 0 Å². The lowest BCUT2D eigenvalue weighted by molar-refractivity contribution is 0.187. The van der Waals surface area contributed by atoms with E-state index in [0.717, 1.165) is 12.0 Å². The van der Waals surface area contributed by atoms with Crippen molar-refractivity contribution in [1.82, 2.24) is 10.2 Å². The number of thioether (sulfide) groups is 1. The largest absolute Gasteiger partial charge is 0.315 e. The molecule has 1 fully saturated rings. The minimum absolute atomic E-state index is 0.747. The van der Waals surface area contributed by atoms with E-state index >= 15 is 0 Å². The van der Waals surface area contributed by atoms with Gasteiger partial charge in [0, 0.05) is 12.6 Å². The second-order valence-electron chi connectivity index (χ2n) is 5.10. The van der Waals surface area contributed by atoms with Crippen LogP contribution >= 0.6 is 11.8 Å². The van der Waals surface area contributed by atoms with Gasteiger partial charge < -0.3 is 5.32 Å². The Hall–Kier alpha value is 0.270. The van der Waals surface area contributed by atoms with Crippen molar-refractivity contribution in [2.24, 2.45) is 5.92 Å². The second-order valence-corrected chi connectivity index (χ2v) is 6.09. The van der Waals surface area contributed by atoms with Crippen molar-refractivity contribution in [3.05, 3.63) is 0 Å². The highest BCUT2D eigenvalue weighted by molar-refractivity contribution is 7.98. The van der Waals surface area contributed by atoms with Gasteiger partial charge in [-0.25, -0.2) is 0 Å². The van der Waals surface area contributed by atoms with Gasteiger partial charge in [-0.1, -0.05) is 13.8 Å². The Balaban J connectivity index is 2.17. The van der Waals surface area contributed by atoms with E-state index in [1.54, 1.807) is 0 Å². The van der Waals surface area contributed by atoms with Gasteiger partial charge in [0.1, 0.15) is 0 Å². The minimum Gasteiger partial charge on any atom is -0.315 e. The lowest BCUT2D eigenvalue weighted by Gasteiger charge is -2.31. The van der Waals surface area contributed by atoms with Crippen molar-refractivity contribution >= 4 is 11.8 Å². The van der Waals surface area contributed by atoms with Gasteiger partial charge in [0.25, 0.3) is 0 Å². The summed E-state index contributed by atoms with van der Waals surface area (Å²) in [4.78, 5) is 2.67. The van der Waals surface area contributed by atoms with Crippen LogP contribution in [0.1, 0.15) is 33.1 Å². The van der Waals surface area contributed by atoms with Crippen molar-refractivity contribution in [2.45, 2.75) is 39.2 Å². The molecule has 0 saturated carbocycles. The molecule has 16 heavy (non-hydrogen) atoms. The van der Waals surface area contributed by atoms with Gasteiger partial charge in [-0.2, -0.15) is 11.8 Å². The highest BCUT2D eigenvalue weighted by atomic mass is 32.2. The van der Waals surface area contributed by atoms with Crippen LogP contribution in [0.25, 0.3) is 0 Å². The van der Waals surface area contributed by atoms with Crippen LogP contribution in [0.4, 0.5) is 0 Å². The van der Waals surface area contributed by atoms with Gasteiger partial charge in [0.2, 0.25) is 0 Å². The Morgan fingerprint density at radius 2 is 1.94 bits per heavy atom. The fraction of sp³-hybridized carbons (Fsp3) is 1.00. The summed E-state index contributed by atoms with van der Waals surface area (Å²) in [5.74, 6) is 2.05. The first-order valence-electron chi connectivity index (χ1n) is 6.69. The molecule has 1 rings (SSSR count). The maximum Gasteiger partial charge on any atom is 0.0243 e. The van der Waals surface area contributed by atoms with E-state index in [1.807, 2.05) is 11.8 Å².